The number of halogens is 1. The van der Waals surface area contributed by atoms with E-state index in [9.17, 15) is 0 Å². The molecule has 0 saturated carbocycles. The van der Waals surface area contributed by atoms with Gasteiger partial charge in [0.2, 0.25) is 0 Å². The van der Waals surface area contributed by atoms with Crippen molar-refractivity contribution in [2.75, 3.05) is 0 Å². The highest BCUT2D eigenvalue weighted by Crippen LogP contribution is 2.19. The third-order valence-electron chi connectivity index (χ3n) is 13.0. The maximum absolute atomic E-state index is 8.20. The zero-order valence-electron chi connectivity index (χ0n) is 55.0. The van der Waals surface area contributed by atoms with Gasteiger partial charge in [0.15, 0.2) is 0 Å². The van der Waals surface area contributed by atoms with E-state index in [4.69, 9.17) is 17.1 Å². The second-order valence-corrected chi connectivity index (χ2v) is 25.6. The summed E-state index contributed by atoms with van der Waals surface area (Å²) in [4.78, 5) is 2.75. The van der Waals surface area contributed by atoms with Crippen molar-refractivity contribution in [3.63, 3.8) is 0 Å². The van der Waals surface area contributed by atoms with Gasteiger partial charge in [-0.1, -0.05) is 308 Å². The van der Waals surface area contributed by atoms with Crippen molar-refractivity contribution >= 4 is 11.6 Å². The molecule has 0 aliphatic heterocycles. The molecule has 0 amide bonds. The van der Waals surface area contributed by atoms with Crippen molar-refractivity contribution in [1.29, 1.82) is 0 Å². The Balaban J connectivity index is 0.000000479. The first-order valence-corrected chi connectivity index (χ1v) is 31.4. The van der Waals surface area contributed by atoms with Crippen molar-refractivity contribution in [2.24, 2.45) is 46.5 Å². The van der Waals surface area contributed by atoms with Crippen molar-refractivity contribution in [3.8, 4) is 0 Å². The van der Waals surface area contributed by atoms with Gasteiger partial charge in [-0.05, 0) is 187 Å². The molecule has 7 rings (SSSR count). The van der Waals surface area contributed by atoms with E-state index >= 15 is 0 Å². The quantitative estimate of drug-likeness (QED) is 0.0467. The fraction of sp³-hybridized carbons (Fsp3) is 0.462. The fourth-order valence-corrected chi connectivity index (χ4v) is 9.45. The van der Waals surface area contributed by atoms with Crippen LogP contribution in [0.3, 0.4) is 0 Å². The van der Waals surface area contributed by atoms with Gasteiger partial charge in [-0.2, -0.15) is 0 Å². The summed E-state index contributed by atoms with van der Waals surface area (Å²) < 4.78 is 0. The van der Waals surface area contributed by atoms with E-state index in [-0.39, 0.29) is 0 Å². The van der Waals surface area contributed by atoms with E-state index < -0.39 is 0 Å². The average Bonchev–Trinajstić information content (AvgIpc) is 3.42. The zero-order valence-corrected chi connectivity index (χ0v) is 55.8. The molecule has 0 N–H and O–H groups in total. The van der Waals surface area contributed by atoms with Crippen molar-refractivity contribution in [3.05, 3.63) is 258 Å². The molecule has 0 unspecified atom stereocenters. The monoisotopic (exact) mass is 1130 g/mol. The third-order valence-corrected chi connectivity index (χ3v) is 13.3. The van der Waals surface area contributed by atoms with Gasteiger partial charge in [-0.15, -0.1) is 0 Å². The number of hydrogen-bond acceptors (Lipinski definition) is 1. The summed E-state index contributed by atoms with van der Waals surface area (Å²) in [5.74, 6) is 5.14. The van der Waals surface area contributed by atoms with E-state index in [1.54, 1.807) is 0 Å². The lowest BCUT2D eigenvalue weighted by molar-refractivity contribution is 0.643. The molecular formula is C78H112ClN3. The van der Waals surface area contributed by atoms with E-state index in [0.29, 0.717) is 18.4 Å². The summed E-state index contributed by atoms with van der Waals surface area (Å²) in [5.41, 5.74) is 26.2. The maximum atomic E-state index is 8.20. The predicted molar refractivity (Wildman–Crippen MR) is 366 cm³/mol. The molecule has 0 aromatic heterocycles. The van der Waals surface area contributed by atoms with Gasteiger partial charge in [-0.3, -0.25) is 0 Å². The molecule has 3 nitrogen and oxygen atoms in total. The normalized spacial score (nSPS) is 10.5. The summed E-state index contributed by atoms with van der Waals surface area (Å²) in [6.07, 6.45) is 10.4. The summed E-state index contributed by atoms with van der Waals surface area (Å²) in [7, 11) is 0. The number of rotatable bonds is 18. The van der Waals surface area contributed by atoms with Crippen LogP contribution in [0.2, 0.25) is 5.02 Å². The molecule has 0 saturated heterocycles. The van der Waals surface area contributed by atoms with Crippen LogP contribution in [0.25, 0.3) is 10.4 Å². The molecule has 0 radical (unpaired) electrons. The lowest BCUT2D eigenvalue weighted by Crippen LogP contribution is -1.97. The molecule has 446 valence electrons. The Hall–Kier alpha value is -5.86. The Labute approximate surface area is 508 Å². The average molecular weight is 1130 g/mol. The minimum Gasteiger partial charge on any atom is -0.0893 e. The number of nitrogens with zero attached hydrogens (tertiary/aromatic N) is 3. The molecule has 0 bridgehead atoms. The molecule has 0 fully saturated rings. The Morgan fingerprint density at radius 2 is 0.671 bits per heavy atom. The van der Waals surface area contributed by atoms with Crippen LogP contribution in [0.4, 0.5) is 0 Å². The van der Waals surface area contributed by atoms with Gasteiger partial charge >= 0.3 is 0 Å². The Morgan fingerprint density at radius 1 is 0.329 bits per heavy atom. The van der Waals surface area contributed by atoms with Crippen molar-refractivity contribution in [1.82, 2.24) is 0 Å². The van der Waals surface area contributed by atoms with Crippen LogP contribution in [-0.4, -0.2) is 0 Å². The first-order chi connectivity index (χ1) is 38.9. The van der Waals surface area contributed by atoms with Gasteiger partial charge in [0.25, 0.3) is 0 Å². The van der Waals surface area contributed by atoms with Gasteiger partial charge in [0.05, 0.1) is 6.54 Å². The van der Waals surface area contributed by atoms with E-state index in [0.717, 1.165) is 65.9 Å². The number of benzene rings is 7. The van der Waals surface area contributed by atoms with Gasteiger partial charge in [0, 0.05) is 9.93 Å². The predicted octanol–water partition coefficient (Wildman–Crippen LogP) is 23.7. The lowest BCUT2D eigenvalue weighted by Gasteiger charge is -2.09. The summed E-state index contributed by atoms with van der Waals surface area (Å²) in [5, 5.41) is 4.43. The molecule has 7 aromatic carbocycles. The molecule has 0 aliphatic carbocycles. The van der Waals surface area contributed by atoms with Crippen LogP contribution in [0, 0.1) is 62.2 Å². The summed E-state index contributed by atoms with van der Waals surface area (Å²) >= 11 is 5.97. The SMILES string of the molecule is CC(C)Cc1cccc(CN=[N+]=[N-])c1.CC(C)Cc1ccccc1Cl.CCc1cccc(CC(C)C)c1.CCc1ccccc1CC(C)C.Cc1ccc(CC(C)C)cc1.Cc1ccc(CC(C)C)cc1.Cc1cccc(CC(C)C)c1. The van der Waals surface area contributed by atoms with Crippen LogP contribution in [0.15, 0.2) is 175 Å². The van der Waals surface area contributed by atoms with Crippen LogP contribution in [-0.2, 0) is 64.3 Å². The molecule has 0 heterocycles. The van der Waals surface area contributed by atoms with E-state index in [2.05, 4.69) is 281 Å². The van der Waals surface area contributed by atoms with Crippen molar-refractivity contribution < 1.29 is 0 Å². The Morgan fingerprint density at radius 3 is 1.06 bits per heavy atom. The van der Waals surface area contributed by atoms with E-state index in [1.165, 1.54) is 98.9 Å². The molecule has 4 heteroatoms. The van der Waals surface area contributed by atoms with Crippen LogP contribution in [0.1, 0.15) is 183 Å². The molecule has 7 aromatic rings. The standard InChI is InChI=1S/2C12H18.C11H15N3.3C11H16.C10H13Cl/c1-4-11-6-5-7-12(9-11)8-10(2)3;1-4-11-7-5-6-8-12(11)9-10(2)3;1-9(2)6-10-4-3-5-11(7-10)8-13-14-12;2*1-9(2)8-11-6-4-10(3)5-7-11;1-9(2)7-11-6-4-5-10(3)8-11;1-8(2)7-9-5-3-4-6-10(9)11/h5-7,9-10H,4,8H2,1-3H3;5-8,10H,4,9H2,1-3H3;3-5,7,9H,6,8H2,1-2H3;2*4-7,9H,8H2,1-3H3;4-6,8-9H,7H2,1-3H3;3-6,8H,7H2,1-2H3. The summed E-state index contributed by atoms with van der Waals surface area (Å²) in [6.45, 7) is 42.6. The van der Waals surface area contributed by atoms with Gasteiger partial charge in [-0.25, -0.2) is 0 Å². The molecular weight excluding hydrogens is 1010 g/mol. The summed E-state index contributed by atoms with van der Waals surface area (Å²) in [6, 6.07) is 60.2. The number of hydrogen-bond donors (Lipinski definition) is 0. The Bertz CT molecular complexity index is 2700. The molecule has 0 atom stereocenters. The third kappa shape index (κ3) is 38.0. The minimum atomic E-state index is 0.447. The maximum Gasteiger partial charge on any atom is 0.0510 e. The number of azide groups is 1. The second-order valence-electron chi connectivity index (χ2n) is 25.2. The highest BCUT2D eigenvalue weighted by Gasteiger charge is 2.04. The first-order valence-electron chi connectivity index (χ1n) is 31.1. The van der Waals surface area contributed by atoms with Crippen molar-refractivity contribution in [2.45, 2.75) is 196 Å². The highest BCUT2D eigenvalue weighted by atomic mass is 35.5. The van der Waals surface area contributed by atoms with Gasteiger partial charge in [0.1, 0.15) is 0 Å². The van der Waals surface area contributed by atoms with Crippen LogP contribution >= 0.6 is 11.6 Å². The first kappa shape index (κ1) is 74.2. The molecule has 82 heavy (non-hydrogen) atoms. The largest absolute Gasteiger partial charge is 0.0893 e. The van der Waals surface area contributed by atoms with E-state index in [1.807, 2.05) is 30.3 Å². The second kappa shape index (κ2) is 43.8. The Kier molecular flexibility index (Phi) is 39.6. The molecule has 0 spiro atoms. The van der Waals surface area contributed by atoms with Gasteiger partial charge < -0.3 is 0 Å². The van der Waals surface area contributed by atoms with Crippen LogP contribution < -0.4 is 0 Å². The zero-order chi connectivity index (χ0) is 61.4. The lowest BCUT2D eigenvalue weighted by atomic mass is 9.97. The smallest absolute Gasteiger partial charge is 0.0510 e. The number of aryl methyl sites for hydroxylation is 5. The topological polar surface area (TPSA) is 48.8 Å². The molecule has 0 aliphatic rings. The van der Waals surface area contributed by atoms with Crippen LogP contribution in [0.5, 0.6) is 0 Å². The minimum absolute atomic E-state index is 0.447. The fourth-order valence-electron chi connectivity index (χ4n) is 9.23. The highest BCUT2D eigenvalue weighted by molar-refractivity contribution is 6.31.